The molecular formula is C15H16O3S. The molecule has 0 saturated heterocycles. The van der Waals surface area contributed by atoms with Gasteiger partial charge in [-0.2, -0.15) is 0 Å². The summed E-state index contributed by atoms with van der Waals surface area (Å²) in [5.74, 6) is 1.81. The third-order valence-corrected chi connectivity index (χ3v) is 2.93. The molecule has 0 radical (unpaired) electrons. The molecule has 19 heavy (non-hydrogen) atoms. The predicted octanol–water partition coefficient (Wildman–Crippen LogP) is 3.57. The van der Waals surface area contributed by atoms with Crippen molar-refractivity contribution in [2.24, 2.45) is 0 Å². The van der Waals surface area contributed by atoms with Gasteiger partial charge >= 0.3 is 0 Å². The molecule has 2 aromatic carbocycles. The Balaban J connectivity index is 2.23. The Morgan fingerprint density at radius 1 is 0.947 bits per heavy atom. The van der Waals surface area contributed by atoms with Gasteiger partial charge in [0.25, 0.3) is 0 Å². The molecule has 0 heterocycles. The normalized spacial score (nSPS) is 10.1. The molecular weight excluding hydrogens is 260 g/mol. The van der Waals surface area contributed by atoms with E-state index in [2.05, 4.69) is 12.6 Å². The summed E-state index contributed by atoms with van der Waals surface area (Å²) < 4.78 is 16.4. The molecule has 0 amide bonds. The third-order valence-electron chi connectivity index (χ3n) is 2.67. The van der Waals surface area contributed by atoms with Crippen molar-refractivity contribution >= 4 is 12.6 Å². The number of methoxy groups -OCH3 is 2. The van der Waals surface area contributed by atoms with Crippen molar-refractivity contribution in [1.29, 1.82) is 0 Å². The molecule has 2 rings (SSSR count). The van der Waals surface area contributed by atoms with E-state index in [1.807, 2.05) is 30.3 Å². The van der Waals surface area contributed by atoms with E-state index >= 15 is 0 Å². The van der Waals surface area contributed by atoms with Crippen molar-refractivity contribution in [3.63, 3.8) is 0 Å². The fourth-order valence-electron chi connectivity index (χ4n) is 1.74. The smallest absolute Gasteiger partial charge is 0.203 e. The quantitative estimate of drug-likeness (QED) is 0.846. The first-order valence-electron chi connectivity index (χ1n) is 5.86. The van der Waals surface area contributed by atoms with Gasteiger partial charge in [0.15, 0.2) is 11.5 Å². The molecule has 100 valence electrons. The summed E-state index contributed by atoms with van der Waals surface area (Å²) in [6.07, 6.45) is 0. The average molecular weight is 276 g/mol. The molecule has 0 spiro atoms. The number of thiol groups is 1. The van der Waals surface area contributed by atoms with Gasteiger partial charge in [-0.05, 0) is 17.7 Å². The number of rotatable bonds is 5. The van der Waals surface area contributed by atoms with Gasteiger partial charge in [-0.25, -0.2) is 0 Å². The summed E-state index contributed by atoms with van der Waals surface area (Å²) >= 11 is 4.30. The van der Waals surface area contributed by atoms with Crippen LogP contribution in [0.25, 0.3) is 0 Å². The van der Waals surface area contributed by atoms with Crippen LogP contribution >= 0.6 is 12.6 Å². The molecule has 2 aromatic rings. The van der Waals surface area contributed by atoms with Crippen LogP contribution in [-0.2, 0) is 6.61 Å². The molecule has 0 aromatic heterocycles. The van der Waals surface area contributed by atoms with E-state index in [1.54, 1.807) is 26.4 Å². The molecule has 0 fully saturated rings. The lowest BCUT2D eigenvalue weighted by molar-refractivity contribution is 0.265. The second kappa shape index (κ2) is 6.38. The van der Waals surface area contributed by atoms with Gasteiger partial charge in [0.1, 0.15) is 6.61 Å². The first-order valence-corrected chi connectivity index (χ1v) is 6.31. The number of ether oxygens (including phenoxy) is 3. The molecule has 3 nitrogen and oxygen atoms in total. The number of hydrogen-bond acceptors (Lipinski definition) is 4. The standard InChI is InChI=1S/C15H16O3S/c1-16-13-8-12(19)9-14(17-2)15(13)18-10-11-6-4-3-5-7-11/h3-9,19H,10H2,1-2H3. The molecule has 0 saturated carbocycles. The molecule has 0 aliphatic rings. The van der Waals surface area contributed by atoms with Crippen LogP contribution in [0.15, 0.2) is 47.4 Å². The lowest BCUT2D eigenvalue weighted by atomic mass is 10.2. The Kier molecular flexibility index (Phi) is 4.58. The lowest BCUT2D eigenvalue weighted by Gasteiger charge is -2.15. The lowest BCUT2D eigenvalue weighted by Crippen LogP contribution is -2.00. The van der Waals surface area contributed by atoms with Crippen molar-refractivity contribution < 1.29 is 14.2 Å². The average Bonchev–Trinajstić information content (AvgIpc) is 2.46. The van der Waals surface area contributed by atoms with Crippen molar-refractivity contribution in [2.75, 3.05) is 14.2 Å². The first kappa shape index (κ1) is 13.6. The fourth-order valence-corrected chi connectivity index (χ4v) is 1.97. The summed E-state index contributed by atoms with van der Waals surface area (Å²) in [5.41, 5.74) is 1.08. The highest BCUT2D eigenvalue weighted by molar-refractivity contribution is 7.80. The summed E-state index contributed by atoms with van der Waals surface area (Å²) in [7, 11) is 3.19. The van der Waals surface area contributed by atoms with Gasteiger partial charge in [-0.15, -0.1) is 12.6 Å². The maximum atomic E-state index is 5.81. The van der Waals surface area contributed by atoms with Gasteiger partial charge in [-0.3, -0.25) is 0 Å². The maximum absolute atomic E-state index is 5.81. The summed E-state index contributed by atoms with van der Waals surface area (Å²) in [6, 6.07) is 13.5. The van der Waals surface area contributed by atoms with Crippen LogP contribution in [0.4, 0.5) is 0 Å². The summed E-state index contributed by atoms with van der Waals surface area (Å²) in [6.45, 7) is 0.458. The SMILES string of the molecule is COc1cc(S)cc(OC)c1OCc1ccccc1. The minimum Gasteiger partial charge on any atom is -0.493 e. The molecule has 0 atom stereocenters. The third kappa shape index (κ3) is 3.35. The van der Waals surface area contributed by atoms with Gasteiger partial charge in [0.2, 0.25) is 5.75 Å². The zero-order valence-electron chi connectivity index (χ0n) is 10.9. The van der Waals surface area contributed by atoms with Crippen LogP contribution in [0.1, 0.15) is 5.56 Å². The van der Waals surface area contributed by atoms with E-state index in [9.17, 15) is 0 Å². The van der Waals surface area contributed by atoms with Gasteiger partial charge < -0.3 is 14.2 Å². The molecule has 0 aliphatic carbocycles. The van der Waals surface area contributed by atoms with Crippen LogP contribution in [0, 0.1) is 0 Å². The Morgan fingerprint density at radius 3 is 2.05 bits per heavy atom. The highest BCUT2D eigenvalue weighted by Gasteiger charge is 2.13. The minimum absolute atomic E-state index is 0.458. The Bertz CT molecular complexity index is 515. The highest BCUT2D eigenvalue weighted by atomic mass is 32.1. The van der Waals surface area contributed by atoms with Gasteiger partial charge in [-0.1, -0.05) is 30.3 Å². The maximum Gasteiger partial charge on any atom is 0.203 e. The van der Waals surface area contributed by atoms with E-state index in [1.165, 1.54) is 0 Å². The molecule has 0 N–H and O–H groups in total. The summed E-state index contributed by atoms with van der Waals surface area (Å²) in [5, 5.41) is 0. The van der Waals surface area contributed by atoms with Crippen molar-refractivity contribution in [3.8, 4) is 17.2 Å². The zero-order valence-corrected chi connectivity index (χ0v) is 11.8. The number of hydrogen-bond donors (Lipinski definition) is 1. The van der Waals surface area contributed by atoms with E-state index in [0.29, 0.717) is 23.9 Å². The predicted molar refractivity (Wildman–Crippen MR) is 77.6 cm³/mol. The van der Waals surface area contributed by atoms with E-state index in [4.69, 9.17) is 14.2 Å². The second-order valence-electron chi connectivity index (χ2n) is 3.95. The van der Waals surface area contributed by atoms with E-state index in [0.717, 1.165) is 10.5 Å². The van der Waals surface area contributed by atoms with Gasteiger partial charge in [0.05, 0.1) is 14.2 Å². The van der Waals surface area contributed by atoms with Crippen LogP contribution in [0.3, 0.4) is 0 Å². The zero-order chi connectivity index (χ0) is 13.7. The Labute approximate surface area is 118 Å². The second-order valence-corrected chi connectivity index (χ2v) is 4.47. The van der Waals surface area contributed by atoms with E-state index in [-0.39, 0.29) is 0 Å². The molecule has 0 bridgehead atoms. The van der Waals surface area contributed by atoms with Crippen molar-refractivity contribution in [1.82, 2.24) is 0 Å². The molecule has 0 aliphatic heterocycles. The Hall–Kier alpha value is -1.81. The summed E-state index contributed by atoms with van der Waals surface area (Å²) in [4.78, 5) is 0.765. The monoisotopic (exact) mass is 276 g/mol. The van der Waals surface area contributed by atoms with Crippen LogP contribution in [0.2, 0.25) is 0 Å². The van der Waals surface area contributed by atoms with Crippen LogP contribution in [-0.4, -0.2) is 14.2 Å². The van der Waals surface area contributed by atoms with Crippen molar-refractivity contribution in [3.05, 3.63) is 48.0 Å². The van der Waals surface area contributed by atoms with Crippen LogP contribution in [0.5, 0.6) is 17.2 Å². The van der Waals surface area contributed by atoms with E-state index < -0.39 is 0 Å². The Morgan fingerprint density at radius 2 is 1.53 bits per heavy atom. The highest BCUT2D eigenvalue weighted by Crippen LogP contribution is 2.39. The molecule has 0 unspecified atom stereocenters. The largest absolute Gasteiger partial charge is 0.493 e. The number of benzene rings is 2. The van der Waals surface area contributed by atoms with Crippen LogP contribution < -0.4 is 14.2 Å². The van der Waals surface area contributed by atoms with Gasteiger partial charge in [0, 0.05) is 4.90 Å². The topological polar surface area (TPSA) is 27.7 Å². The first-order chi connectivity index (χ1) is 9.24. The molecule has 4 heteroatoms. The minimum atomic E-state index is 0.458. The fraction of sp³-hybridized carbons (Fsp3) is 0.200. The van der Waals surface area contributed by atoms with Crippen molar-refractivity contribution in [2.45, 2.75) is 11.5 Å².